The van der Waals surface area contributed by atoms with E-state index in [4.69, 9.17) is 0 Å². The van der Waals surface area contributed by atoms with Crippen LogP contribution in [0.5, 0.6) is 0 Å². The van der Waals surface area contributed by atoms with Gasteiger partial charge in [-0.05, 0) is 0 Å². The van der Waals surface area contributed by atoms with Crippen molar-refractivity contribution in [3.63, 3.8) is 0 Å². The van der Waals surface area contributed by atoms with Gasteiger partial charge in [-0.2, -0.15) is 0 Å². The Bertz CT molecular complexity index is 291. The van der Waals surface area contributed by atoms with Crippen molar-refractivity contribution in [2.45, 2.75) is 92.2 Å². The second-order valence-corrected chi connectivity index (χ2v) is 17.1. The van der Waals surface area contributed by atoms with E-state index >= 15 is 0 Å². The Kier molecular flexibility index (Phi) is 9.59. The average molecular weight is 365 g/mol. The molecule has 0 heterocycles. The van der Waals surface area contributed by atoms with Crippen LogP contribution in [0.15, 0.2) is 0 Å². The third-order valence-corrected chi connectivity index (χ3v) is 14.9. The van der Waals surface area contributed by atoms with E-state index in [1.807, 2.05) is 0 Å². The van der Waals surface area contributed by atoms with E-state index in [-0.39, 0.29) is 0 Å². The molecule has 0 spiro atoms. The molecule has 0 bridgehead atoms. The summed E-state index contributed by atoms with van der Waals surface area (Å²) in [7, 11) is 2.53. The van der Waals surface area contributed by atoms with Gasteiger partial charge in [0.15, 0.2) is 0 Å². The second-order valence-electron chi connectivity index (χ2n) is 8.12. The summed E-state index contributed by atoms with van der Waals surface area (Å²) in [5.74, 6) is 0. The van der Waals surface area contributed by atoms with Crippen LogP contribution in [-0.4, -0.2) is 21.4 Å². The summed E-state index contributed by atoms with van der Waals surface area (Å²) in [6.45, 7) is 9.84. The van der Waals surface area contributed by atoms with E-state index in [1.165, 1.54) is 61.6 Å². The van der Waals surface area contributed by atoms with Crippen LogP contribution in [0, 0.1) is 5.41 Å². The minimum absolute atomic E-state index is 0.617. The Labute approximate surface area is 144 Å². The summed E-state index contributed by atoms with van der Waals surface area (Å²) in [6.07, 6.45) is 13.4. The zero-order chi connectivity index (χ0) is 15.9. The quantitative estimate of drug-likeness (QED) is 0.236. The van der Waals surface area contributed by atoms with Crippen LogP contribution in [0.25, 0.3) is 0 Å². The molecule has 0 amide bonds. The van der Waals surface area contributed by atoms with Crippen molar-refractivity contribution >= 4 is 17.2 Å². The predicted octanol–water partition coefficient (Wildman–Crippen LogP) is 6.93. The number of hydrogen-bond donors (Lipinski definition) is 0. The maximum atomic E-state index is 2.67. The van der Waals surface area contributed by atoms with E-state index in [9.17, 15) is 0 Å². The van der Waals surface area contributed by atoms with Crippen molar-refractivity contribution in [2.75, 3.05) is 12.3 Å². The normalized spacial score (nSPS) is 29.7. The number of rotatable bonds is 9. The SMILES string of the molecule is CCCCPC1CC(C)(C)C[C](PCCCC)([Ti]([CH3])[CH3])C1. The van der Waals surface area contributed by atoms with Gasteiger partial charge in [0.2, 0.25) is 0 Å². The average Bonchev–Trinajstić information content (AvgIpc) is 2.37. The molecule has 1 saturated carbocycles. The monoisotopic (exact) mass is 365 g/mol. The van der Waals surface area contributed by atoms with Crippen molar-refractivity contribution in [3.05, 3.63) is 0 Å². The van der Waals surface area contributed by atoms with E-state index in [1.54, 1.807) is 12.8 Å². The molecule has 0 nitrogen and oxygen atoms in total. The number of unbranched alkanes of at least 4 members (excludes halogenated alkanes) is 2. The van der Waals surface area contributed by atoms with Crippen molar-refractivity contribution in [1.29, 1.82) is 0 Å². The third-order valence-electron chi connectivity index (χ3n) is 5.09. The summed E-state index contributed by atoms with van der Waals surface area (Å²) in [4.78, 5) is 0. The fourth-order valence-corrected chi connectivity index (χ4v) is 13.5. The molecular formula is C18H39P2Ti. The van der Waals surface area contributed by atoms with E-state index < -0.39 is 17.9 Å². The van der Waals surface area contributed by atoms with Crippen LogP contribution in [-0.2, 0) is 17.9 Å². The van der Waals surface area contributed by atoms with Crippen LogP contribution in [0.3, 0.4) is 0 Å². The topological polar surface area (TPSA) is 0 Å². The van der Waals surface area contributed by atoms with Gasteiger partial charge >= 0.3 is 145 Å². The van der Waals surface area contributed by atoms with Crippen LogP contribution in [0.1, 0.15) is 72.6 Å². The molecule has 0 aromatic carbocycles. The molecule has 1 aliphatic rings. The molecule has 4 atom stereocenters. The van der Waals surface area contributed by atoms with Crippen molar-refractivity contribution in [1.82, 2.24) is 0 Å². The van der Waals surface area contributed by atoms with Gasteiger partial charge in [-0.25, -0.2) is 0 Å². The van der Waals surface area contributed by atoms with Gasteiger partial charge in [0.1, 0.15) is 0 Å². The summed E-state index contributed by atoms with van der Waals surface area (Å²) >= 11 is -0.864. The maximum absolute atomic E-state index is 2.67. The summed E-state index contributed by atoms with van der Waals surface area (Å²) in [5.41, 5.74) is 1.68. The first kappa shape index (κ1) is 20.6. The van der Waals surface area contributed by atoms with Crippen molar-refractivity contribution in [3.8, 4) is 0 Å². The first-order chi connectivity index (χ1) is 9.85. The molecular weight excluding hydrogens is 326 g/mol. The van der Waals surface area contributed by atoms with Crippen LogP contribution in [0.2, 0.25) is 10.5 Å². The second kappa shape index (κ2) is 9.77. The molecule has 0 radical (unpaired) electrons. The molecule has 3 heteroatoms. The van der Waals surface area contributed by atoms with Gasteiger partial charge in [0.25, 0.3) is 0 Å². The van der Waals surface area contributed by atoms with Crippen molar-refractivity contribution in [2.24, 2.45) is 5.41 Å². The first-order valence-electron chi connectivity index (χ1n) is 9.14. The molecule has 1 aliphatic carbocycles. The molecule has 0 saturated heterocycles. The predicted molar refractivity (Wildman–Crippen MR) is 102 cm³/mol. The Morgan fingerprint density at radius 2 is 1.62 bits per heavy atom. The Morgan fingerprint density at radius 3 is 2.19 bits per heavy atom. The molecule has 21 heavy (non-hydrogen) atoms. The zero-order valence-electron chi connectivity index (χ0n) is 15.4. The Hall–Kier alpha value is 1.57. The van der Waals surface area contributed by atoms with E-state index in [0.717, 1.165) is 9.12 Å². The molecule has 0 aliphatic heterocycles. The van der Waals surface area contributed by atoms with E-state index in [0.29, 0.717) is 5.41 Å². The molecule has 0 N–H and O–H groups in total. The molecule has 125 valence electrons. The standard InChI is InChI=1S/C16H33P2.2CH3.Ti/c1-5-7-9-17-14-11-15(18-10-8-6-2)13-16(3,4)12-14;;;/h14,17-18H,5-13H2,1-4H3;2*1H3;. The molecule has 4 unspecified atom stereocenters. The summed E-state index contributed by atoms with van der Waals surface area (Å²) in [5, 5.41) is 5.35. The van der Waals surface area contributed by atoms with Crippen molar-refractivity contribution < 1.29 is 17.9 Å². The van der Waals surface area contributed by atoms with Gasteiger partial charge in [-0.3, -0.25) is 0 Å². The van der Waals surface area contributed by atoms with Crippen LogP contribution >= 0.6 is 17.2 Å². The fraction of sp³-hybridized carbons (Fsp3) is 1.00. The Balaban J connectivity index is 2.74. The van der Waals surface area contributed by atoms with Gasteiger partial charge in [-0.15, -0.1) is 0 Å². The van der Waals surface area contributed by atoms with Crippen LogP contribution < -0.4 is 0 Å². The zero-order valence-corrected chi connectivity index (χ0v) is 19.0. The van der Waals surface area contributed by atoms with Gasteiger partial charge in [-0.1, -0.05) is 0 Å². The third kappa shape index (κ3) is 6.92. The molecule has 1 fully saturated rings. The summed E-state index contributed by atoms with van der Waals surface area (Å²) in [6, 6.07) is 0. The minimum atomic E-state index is -0.864. The summed E-state index contributed by atoms with van der Waals surface area (Å²) < 4.78 is 0.834. The Morgan fingerprint density at radius 1 is 1.00 bits per heavy atom. The molecule has 0 aromatic heterocycles. The number of hydrogen-bond acceptors (Lipinski definition) is 0. The fourth-order valence-electron chi connectivity index (χ4n) is 3.95. The van der Waals surface area contributed by atoms with Gasteiger partial charge in [0.05, 0.1) is 0 Å². The molecule has 1 rings (SSSR count). The first-order valence-corrected chi connectivity index (χ1v) is 15.5. The molecule has 0 aromatic rings. The van der Waals surface area contributed by atoms with Gasteiger partial charge in [0, 0.05) is 0 Å². The van der Waals surface area contributed by atoms with Gasteiger partial charge < -0.3 is 0 Å². The van der Waals surface area contributed by atoms with Crippen LogP contribution in [0.4, 0.5) is 0 Å². The van der Waals surface area contributed by atoms with E-state index in [2.05, 4.69) is 38.2 Å².